The van der Waals surface area contributed by atoms with Gasteiger partial charge in [0.05, 0.1) is 5.39 Å². The standard InChI is InChI=1S/C23H27FN6O/c1-28-13-18(20-21(25)26-14-27-22(20)28)17-8-7-16(11-19(17)24)30-10-9-29(23(30)31)12-15-5-3-2-4-6-15/h7-8,11,13-15H,2-6,9-10,12H2,1H3,(H2,25,26,27). The summed E-state index contributed by atoms with van der Waals surface area (Å²) >= 11 is 0. The van der Waals surface area contributed by atoms with Gasteiger partial charge in [-0.15, -0.1) is 0 Å². The predicted octanol–water partition coefficient (Wildman–Crippen LogP) is 4.18. The normalized spacial score (nSPS) is 17.8. The van der Waals surface area contributed by atoms with Gasteiger partial charge in [0.25, 0.3) is 0 Å². The molecule has 0 spiro atoms. The third-order valence-electron chi connectivity index (χ3n) is 6.64. The zero-order valence-corrected chi connectivity index (χ0v) is 17.7. The van der Waals surface area contributed by atoms with E-state index >= 15 is 4.39 Å². The van der Waals surface area contributed by atoms with Crippen LogP contribution in [0.2, 0.25) is 0 Å². The summed E-state index contributed by atoms with van der Waals surface area (Å²) in [5, 5.41) is 0.632. The molecule has 2 aromatic heterocycles. The number of rotatable bonds is 4. The van der Waals surface area contributed by atoms with Crippen molar-refractivity contribution in [3.8, 4) is 11.1 Å². The van der Waals surface area contributed by atoms with Crippen LogP contribution < -0.4 is 10.6 Å². The van der Waals surface area contributed by atoms with Gasteiger partial charge < -0.3 is 15.2 Å². The number of carbonyl (C=O) groups excluding carboxylic acids is 1. The molecule has 1 aliphatic heterocycles. The fourth-order valence-electron chi connectivity index (χ4n) is 5.00. The van der Waals surface area contributed by atoms with Crippen molar-refractivity contribution in [2.75, 3.05) is 30.3 Å². The van der Waals surface area contributed by atoms with Gasteiger partial charge in [-0.25, -0.2) is 19.2 Å². The van der Waals surface area contributed by atoms with Crippen LogP contribution in [0.25, 0.3) is 22.2 Å². The molecule has 1 saturated carbocycles. The second-order valence-electron chi connectivity index (χ2n) is 8.66. The number of aryl methyl sites for hydroxylation is 1. The minimum atomic E-state index is -0.396. The van der Waals surface area contributed by atoms with Crippen molar-refractivity contribution in [1.82, 2.24) is 19.4 Å². The Hall–Kier alpha value is -3.16. The van der Waals surface area contributed by atoms with Gasteiger partial charge in [0.15, 0.2) is 0 Å². The van der Waals surface area contributed by atoms with Crippen LogP contribution in [-0.2, 0) is 7.05 Å². The molecule has 1 aliphatic carbocycles. The number of amides is 2. The number of hydrogen-bond donors (Lipinski definition) is 1. The molecule has 31 heavy (non-hydrogen) atoms. The van der Waals surface area contributed by atoms with E-state index in [1.165, 1.54) is 44.5 Å². The van der Waals surface area contributed by atoms with Crippen LogP contribution in [0.1, 0.15) is 32.1 Å². The van der Waals surface area contributed by atoms with E-state index in [4.69, 9.17) is 5.73 Å². The minimum Gasteiger partial charge on any atom is -0.383 e. The van der Waals surface area contributed by atoms with Crippen LogP contribution >= 0.6 is 0 Å². The number of nitrogens with zero attached hydrogens (tertiary/aromatic N) is 5. The number of urea groups is 1. The lowest BCUT2D eigenvalue weighted by Gasteiger charge is -2.27. The molecule has 0 radical (unpaired) electrons. The summed E-state index contributed by atoms with van der Waals surface area (Å²) in [5.74, 6) is 0.514. The van der Waals surface area contributed by atoms with Gasteiger partial charge in [-0.3, -0.25) is 4.90 Å². The topological polar surface area (TPSA) is 80.3 Å². The van der Waals surface area contributed by atoms with E-state index in [9.17, 15) is 4.79 Å². The number of carbonyl (C=O) groups is 1. The molecule has 0 atom stereocenters. The molecule has 2 amide bonds. The van der Waals surface area contributed by atoms with Crippen molar-refractivity contribution in [3.63, 3.8) is 0 Å². The van der Waals surface area contributed by atoms with E-state index in [2.05, 4.69) is 9.97 Å². The van der Waals surface area contributed by atoms with Crippen molar-refractivity contribution in [1.29, 1.82) is 0 Å². The first-order chi connectivity index (χ1) is 15.0. The molecular formula is C23H27FN6O. The first-order valence-electron chi connectivity index (χ1n) is 10.9. The summed E-state index contributed by atoms with van der Waals surface area (Å²) in [6, 6.07) is 4.93. The molecule has 0 bridgehead atoms. The molecule has 2 N–H and O–H groups in total. The Morgan fingerprint density at radius 2 is 1.94 bits per heavy atom. The highest BCUT2D eigenvalue weighted by Gasteiger charge is 2.32. The maximum absolute atomic E-state index is 15.2. The number of aromatic nitrogens is 3. The first kappa shape index (κ1) is 19.8. The fourth-order valence-corrected chi connectivity index (χ4v) is 5.00. The van der Waals surface area contributed by atoms with Crippen molar-refractivity contribution in [2.24, 2.45) is 13.0 Å². The van der Waals surface area contributed by atoms with Gasteiger partial charge in [0.2, 0.25) is 0 Å². The molecule has 2 aliphatic rings. The Bertz CT molecular complexity index is 1140. The minimum absolute atomic E-state index is 0.0273. The maximum atomic E-state index is 15.2. The second-order valence-corrected chi connectivity index (χ2v) is 8.66. The summed E-state index contributed by atoms with van der Waals surface area (Å²) in [6.45, 7) is 2.08. The molecular weight excluding hydrogens is 395 g/mol. The van der Waals surface area contributed by atoms with E-state index in [-0.39, 0.29) is 6.03 Å². The summed E-state index contributed by atoms with van der Waals surface area (Å²) in [5.41, 5.74) is 8.35. The molecule has 1 aromatic carbocycles. The van der Waals surface area contributed by atoms with Gasteiger partial charge in [0.1, 0.15) is 23.6 Å². The number of anilines is 2. The number of hydrogen-bond acceptors (Lipinski definition) is 4. The quantitative estimate of drug-likeness (QED) is 0.684. The zero-order chi connectivity index (χ0) is 21.5. The molecule has 7 nitrogen and oxygen atoms in total. The number of nitrogens with two attached hydrogens (primary N) is 1. The lowest BCUT2D eigenvalue weighted by Crippen LogP contribution is -2.35. The van der Waals surface area contributed by atoms with Crippen molar-refractivity contribution < 1.29 is 9.18 Å². The van der Waals surface area contributed by atoms with Gasteiger partial charge in [-0.1, -0.05) is 19.3 Å². The van der Waals surface area contributed by atoms with Gasteiger partial charge in [0, 0.05) is 49.7 Å². The SMILES string of the molecule is Cn1cc(-c2ccc(N3CCN(CC4CCCCC4)C3=O)cc2F)c2c(N)ncnc21. The third kappa shape index (κ3) is 3.49. The van der Waals surface area contributed by atoms with E-state index in [1.807, 2.05) is 16.5 Å². The van der Waals surface area contributed by atoms with E-state index in [1.54, 1.807) is 23.2 Å². The molecule has 162 valence electrons. The Morgan fingerprint density at radius 3 is 2.71 bits per heavy atom. The smallest absolute Gasteiger partial charge is 0.324 e. The second kappa shape index (κ2) is 7.83. The van der Waals surface area contributed by atoms with Crippen LogP contribution in [-0.4, -0.2) is 45.1 Å². The van der Waals surface area contributed by atoms with Gasteiger partial charge in [-0.2, -0.15) is 0 Å². The Balaban J connectivity index is 1.40. The van der Waals surface area contributed by atoms with E-state index in [0.29, 0.717) is 52.7 Å². The largest absolute Gasteiger partial charge is 0.383 e. The highest BCUT2D eigenvalue weighted by atomic mass is 19.1. The number of fused-ring (bicyclic) bond motifs is 1. The van der Waals surface area contributed by atoms with Crippen molar-refractivity contribution >= 4 is 28.6 Å². The van der Waals surface area contributed by atoms with E-state index < -0.39 is 5.82 Å². The maximum Gasteiger partial charge on any atom is 0.324 e. The van der Waals surface area contributed by atoms with Crippen molar-refractivity contribution in [3.05, 3.63) is 36.5 Å². The summed E-state index contributed by atoms with van der Waals surface area (Å²) in [7, 11) is 1.84. The number of benzene rings is 1. The summed E-state index contributed by atoms with van der Waals surface area (Å²) in [4.78, 5) is 24.9. The average Bonchev–Trinajstić information content (AvgIpc) is 3.30. The van der Waals surface area contributed by atoms with Crippen LogP contribution in [0.4, 0.5) is 20.7 Å². The molecule has 1 saturated heterocycles. The zero-order valence-electron chi connectivity index (χ0n) is 17.7. The summed E-state index contributed by atoms with van der Waals surface area (Å²) in [6.07, 6.45) is 9.42. The Labute approximate surface area is 180 Å². The highest BCUT2D eigenvalue weighted by Crippen LogP contribution is 2.35. The fraction of sp³-hybridized carbons (Fsp3) is 0.435. The lowest BCUT2D eigenvalue weighted by atomic mass is 9.89. The number of halogens is 1. The van der Waals surface area contributed by atoms with E-state index in [0.717, 1.165) is 6.54 Å². The monoisotopic (exact) mass is 422 g/mol. The van der Waals surface area contributed by atoms with Gasteiger partial charge in [-0.05, 0) is 37.0 Å². The first-order valence-corrected chi connectivity index (χ1v) is 10.9. The van der Waals surface area contributed by atoms with Crippen LogP contribution in [0.15, 0.2) is 30.7 Å². The molecule has 8 heteroatoms. The molecule has 2 fully saturated rings. The molecule has 3 heterocycles. The highest BCUT2D eigenvalue weighted by molar-refractivity contribution is 6.01. The molecule has 3 aromatic rings. The average molecular weight is 423 g/mol. The summed E-state index contributed by atoms with van der Waals surface area (Å²) < 4.78 is 17.0. The lowest BCUT2D eigenvalue weighted by molar-refractivity contribution is 0.202. The van der Waals surface area contributed by atoms with Crippen LogP contribution in [0, 0.1) is 11.7 Å². The van der Waals surface area contributed by atoms with Gasteiger partial charge >= 0.3 is 6.03 Å². The van der Waals surface area contributed by atoms with Crippen molar-refractivity contribution in [2.45, 2.75) is 32.1 Å². The third-order valence-corrected chi connectivity index (χ3v) is 6.64. The predicted molar refractivity (Wildman–Crippen MR) is 119 cm³/mol. The number of nitrogen functional groups attached to an aromatic ring is 1. The molecule has 0 unspecified atom stereocenters. The van der Waals surface area contributed by atoms with Crippen LogP contribution in [0.3, 0.4) is 0 Å². The Morgan fingerprint density at radius 1 is 1.13 bits per heavy atom. The Kier molecular flexibility index (Phi) is 5.00. The van der Waals surface area contributed by atoms with Crippen LogP contribution in [0.5, 0.6) is 0 Å². The molecule has 5 rings (SSSR count).